The maximum Gasteiger partial charge on any atom is 0.320 e. The lowest BCUT2D eigenvalue weighted by molar-refractivity contribution is -0.385. The smallest absolute Gasteiger partial charge is 0.320 e. The zero-order valence-corrected chi connectivity index (χ0v) is 9.96. The number of hydrogen-bond donors (Lipinski definition) is 1. The lowest BCUT2D eigenvalue weighted by Crippen LogP contribution is -2.32. The van der Waals surface area contributed by atoms with Gasteiger partial charge in [-0.1, -0.05) is 0 Å². The molecule has 1 aliphatic rings. The minimum absolute atomic E-state index is 0.00304. The van der Waals surface area contributed by atoms with Crippen LogP contribution in [0.1, 0.15) is 23.3 Å². The highest BCUT2D eigenvalue weighted by molar-refractivity contribution is 5.96. The van der Waals surface area contributed by atoms with Gasteiger partial charge < -0.3 is 10.1 Å². The Kier molecular flexibility index (Phi) is 3.56. The number of nitrogens with zero attached hydrogens (tertiary/aromatic N) is 3. The topological polar surface area (TPSA) is 99.3 Å². The molecule has 18 heavy (non-hydrogen) atoms. The van der Waals surface area contributed by atoms with Crippen LogP contribution >= 0.6 is 0 Å². The molecule has 1 N–H and O–H groups in total. The average molecular weight is 254 g/mol. The van der Waals surface area contributed by atoms with Crippen LogP contribution in [0.4, 0.5) is 5.69 Å². The Morgan fingerprint density at radius 1 is 1.78 bits per heavy atom. The van der Waals surface area contributed by atoms with Crippen molar-refractivity contribution in [2.75, 3.05) is 13.2 Å². The van der Waals surface area contributed by atoms with Gasteiger partial charge in [-0.05, 0) is 12.8 Å². The van der Waals surface area contributed by atoms with Gasteiger partial charge in [0.05, 0.1) is 11.0 Å². The van der Waals surface area contributed by atoms with E-state index < -0.39 is 10.8 Å². The van der Waals surface area contributed by atoms with Gasteiger partial charge in [0, 0.05) is 20.2 Å². The fourth-order valence-corrected chi connectivity index (χ4v) is 1.87. The van der Waals surface area contributed by atoms with Crippen molar-refractivity contribution in [2.24, 2.45) is 7.05 Å². The highest BCUT2D eigenvalue weighted by atomic mass is 16.6. The van der Waals surface area contributed by atoms with E-state index in [1.165, 1.54) is 17.9 Å². The first-order valence-corrected chi connectivity index (χ1v) is 5.66. The predicted octanol–water partition coefficient (Wildman–Crippen LogP) is 0.237. The maximum atomic E-state index is 11.8. The molecule has 1 fully saturated rings. The van der Waals surface area contributed by atoms with Crippen LogP contribution in [0.3, 0.4) is 0 Å². The van der Waals surface area contributed by atoms with Crippen molar-refractivity contribution in [3.05, 3.63) is 22.0 Å². The number of amides is 1. The Bertz CT molecular complexity index is 464. The molecule has 0 unspecified atom stereocenters. The van der Waals surface area contributed by atoms with Gasteiger partial charge in [-0.15, -0.1) is 0 Å². The van der Waals surface area contributed by atoms with Crippen LogP contribution in [0.25, 0.3) is 0 Å². The van der Waals surface area contributed by atoms with Gasteiger partial charge in [0.15, 0.2) is 0 Å². The highest BCUT2D eigenvalue weighted by Crippen LogP contribution is 2.16. The molecular formula is C10H14N4O4. The average Bonchev–Trinajstić information content (AvgIpc) is 2.94. The minimum Gasteiger partial charge on any atom is -0.376 e. The number of nitrogens with one attached hydrogen (secondary N) is 1. The highest BCUT2D eigenvalue weighted by Gasteiger charge is 2.25. The molecule has 0 saturated carbocycles. The number of aryl methyl sites for hydroxylation is 1. The van der Waals surface area contributed by atoms with Gasteiger partial charge in [-0.2, -0.15) is 5.10 Å². The fraction of sp³-hybridized carbons (Fsp3) is 0.600. The van der Waals surface area contributed by atoms with Gasteiger partial charge in [0.25, 0.3) is 5.91 Å². The predicted molar refractivity (Wildman–Crippen MR) is 61.2 cm³/mol. The van der Waals surface area contributed by atoms with Crippen LogP contribution in [0.2, 0.25) is 0 Å². The standard InChI is InChI=1S/C10H14N4O4/c1-13-6-8(14(16)17)9(12-13)10(15)11-5-7-3-2-4-18-7/h6-7H,2-5H2,1H3,(H,11,15)/t7-/m1/s1. The molecule has 8 nitrogen and oxygen atoms in total. The van der Waals surface area contributed by atoms with Crippen molar-refractivity contribution in [1.82, 2.24) is 15.1 Å². The van der Waals surface area contributed by atoms with Crippen LogP contribution in [0, 0.1) is 10.1 Å². The summed E-state index contributed by atoms with van der Waals surface area (Å²) in [7, 11) is 1.53. The third-order valence-corrected chi connectivity index (χ3v) is 2.74. The van der Waals surface area contributed by atoms with Crippen molar-refractivity contribution in [2.45, 2.75) is 18.9 Å². The van der Waals surface area contributed by atoms with E-state index in [0.717, 1.165) is 12.8 Å². The number of carbonyl (C=O) groups excluding carboxylic acids is 1. The summed E-state index contributed by atoms with van der Waals surface area (Å²) in [5.74, 6) is -0.544. The lowest BCUT2D eigenvalue weighted by atomic mass is 10.2. The third kappa shape index (κ3) is 2.65. The summed E-state index contributed by atoms with van der Waals surface area (Å²) in [6.07, 6.45) is 3.08. The third-order valence-electron chi connectivity index (χ3n) is 2.74. The molecule has 1 atom stereocenters. The molecule has 0 bridgehead atoms. The molecule has 1 aromatic heterocycles. The van der Waals surface area contributed by atoms with E-state index in [2.05, 4.69) is 10.4 Å². The molecule has 2 rings (SSSR count). The SMILES string of the molecule is Cn1cc([N+](=O)[O-])c(C(=O)NC[C@H]2CCCO2)n1. The second-order valence-corrected chi connectivity index (χ2v) is 4.14. The first kappa shape index (κ1) is 12.5. The van der Waals surface area contributed by atoms with Crippen molar-refractivity contribution < 1.29 is 14.5 Å². The normalized spacial score (nSPS) is 18.8. The Morgan fingerprint density at radius 3 is 3.17 bits per heavy atom. The zero-order chi connectivity index (χ0) is 13.1. The van der Waals surface area contributed by atoms with E-state index in [-0.39, 0.29) is 17.5 Å². The second kappa shape index (κ2) is 5.13. The Balaban J connectivity index is 2.01. The summed E-state index contributed by atoms with van der Waals surface area (Å²) in [5.41, 5.74) is -0.456. The molecule has 0 aromatic carbocycles. The summed E-state index contributed by atoms with van der Waals surface area (Å²) in [4.78, 5) is 21.9. The molecule has 1 aromatic rings. The lowest BCUT2D eigenvalue weighted by Gasteiger charge is -2.09. The van der Waals surface area contributed by atoms with E-state index in [0.29, 0.717) is 13.2 Å². The molecular weight excluding hydrogens is 240 g/mol. The maximum absolute atomic E-state index is 11.8. The van der Waals surface area contributed by atoms with Crippen molar-refractivity contribution in [1.29, 1.82) is 0 Å². The first-order valence-electron chi connectivity index (χ1n) is 5.66. The summed E-state index contributed by atoms with van der Waals surface area (Å²) in [5, 5.41) is 17.2. The number of nitro groups is 1. The number of carbonyl (C=O) groups is 1. The molecule has 1 saturated heterocycles. The largest absolute Gasteiger partial charge is 0.376 e. The molecule has 0 aliphatic carbocycles. The number of aromatic nitrogens is 2. The van der Waals surface area contributed by atoms with E-state index in [1.54, 1.807) is 0 Å². The molecule has 2 heterocycles. The van der Waals surface area contributed by atoms with Gasteiger partial charge in [-0.25, -0.2) is 0 Å². The number of rotatable bonds is 4. The van der Waals surface area contributed by atoms with Gasteiger partial charge in [-0.3, -0.25) is 19.6 Å². The Labute approximate surface area is 103 Å². The van der Waals surface area contributed by atoms with Crippen molar-refractivity contribution in [3.63, 3.8) is 0 Å². The van der Waals surface area contributed by atoms with Crippen LogP contribution in [0.5, 0.6) is 0 Å². The van der Waals surface area contributed by atoms with Crippen LogP contribution in [-0.4, -0.2) is 39.9 Å². The van der Waals surface area contributed by atoms with Gasteiger partial charge in [0.1, 0.15) is 6.20 Å². The minimum atomic E-state index is -0.617. The van der Waals surface area contributed by atoms with Gasteiger partial charge >= 0.3 is 5.69 Å². The van der Waals surface area contributed by atoms with E-state index in [4.69, 9.17) is 4.74 Å². The molecule has 0 spiro atoms. The van der Waals surface area contributed by atoms with E-state index >= 15 is 0 Å². The summed E-state index contributed by atoms with van der Waals surface area (Å²) >= 11 is 0. The number of ether oxygens (including phenoxy) is 1. The zero-order valence-electron chi connectivity index (χ0n) is 9.96. The summed E-state index contributed by atoms with van der Waals surface area (Å²) in [6.45, 7) is 1.05. The molecule has 1 aliphatic heterocycles. The molecule has 98 valence electrons. The Morgan fingerprint density at radius 2 is 2.56 bits per heavy atom. The van der Waals surface area contributed by atoms with Crippen LogP contribution in [-0.2, 0) is 11.8 Å². The van der Waals surface area contributed by atoms with Crippen LogP contribution < -0.4 is 5.32 Å². The van der Waals surface area contributed by atoms with E-state index in [9.17, 15) is 14.9 Å². The van der Waals surface area contributed by atoms with E-state index in [1.807, 2.05) is 0 Å². The molecule has 0 radical (unpaired) electrons. The molecule has 8 heteroatoms. The van der Waals surface area contributed by atoms with Crippen molar-refractivity contribution in [3.8, 4) is 0 Å². The fourth-order valence-electron chi connectivity index (χ4n) is 1.87. The Hall–Kier alpha value is -1.96. The monoisotopic (exact) mass is 254 g/mol. The number of hydrogen-bond acceptors (Lipinski definition) is 5. The van der Waals surface area contributed by atoms with Crippen LogP contribution in [0.15, 0.2) is 6.20 Å². The first-order chi connectivity index (χ1) is 8.58. The van der Waals surface area contributed by atoms with Crippen molar-refractivity contribution >= 4 is 11.6 Å². The molecule has 1 amide bonds. The summed E-state index contributed by atoms with van der Waals surface area (Å²) in [6, 6.07) is 0. The quantitative estimate of drug-likeness (QED) is 0.612. The van der Waals surface area contributed by atoms with Gasteiger partial charge in [0.2, 0.25) is 5.69 Å². The second-order valence-electron chi connectivity index (χ2n) is 4.14. The summed E-state index contributed by atoms with van der Waals surface area (Å²) < 4.78 is 6.60.